The van der Waals surface area contributed by atoms with Crippen molar-refractivity contribution in [2.45, 2.75) is 0 Å². The zero-order valence-corrected chi connectivity index (χ0v) is 24.5. The van der Waals surface area contributed by atoms with Crippen molar-refractivity contribution in [1.82, 2.24) is 21.3 Å². The molecule has 2 aromatic rings. The number of rotatable bonds is 2. The molecule has 10 heteroatoms. The third-order valence-electron chi connectivity index (χ3n) is 5.43. The van der Waals surface area contributed by atoms with E-state index >= 15 is 0 Å². The maximum absolute atomic E-state index is 3.42. The first kappa shape index (κ1) is 36.0. The van der Waals surface area contributed by atoms with Crippen molar-refractivity contribution in [3.63, 3.8) is 0 Å². The summed E-state index contributed by atoms with van der Waals surface area (Å²) < 4.78 is 0. The van der Waals surface area contributed by atoms with Crippen LogP contribution in [0.25, 0.3) is 0 Å². The number of hydrogen-bond donors (Lipinski definition) is 4. The number of para-hydroxylation sites is 2. The fourth-order valence-electron chi connectivity index (χ4n) is 3.73. The molecule has 0 atom stereocenters. The largest absolute Gasteiger partial charge is 2.00 e. The van der Waals surface area contributed by atoms with Crippen LogP contribution in [-0.2, 0) is 43.4 Å². The van der Waals surface area contributed by atoms with Crippen LogP contribution in [0.3, 0.4) is 0 Å². The summed E-state index contributed by atoms with van der Waals surface area (Å²) in [6.45, 7) is 12.9. The fourth-order valence-corrected chi connectivity index (χ4v) is 3.73. The molecule has 2 heterocycles. The van der Waals surface area contributed by atoms with Gasteiger partial charge in [-0.15, -0.1) is 0 Å². The molecule has 6 nitrogen and oxygen atoms in total. The molecule has 4 rings (SSSR count). The Kier molecular flexibility index (Phi) is 24.7. The summed E-state index contributed by atoms with van der Waals surface area (Å²) in [6, 6.07) is 21.2. The molecular formula is C24H38Cl2N6Ti2+2. The van der Waals surface area contributed by atoms with Gasteiger partial charge in [0.1, 0.15) is 0 Å². The van der Waals surface area contributed by atoms with E-state index in [1.807, 2.05) is 0 Å². The second-order valence-electron chi connectivity index (χ2n) is 7.65. The van der Waals surface area contributed by atoms with E-state index in [0.29, 0.717) is 0 Å². The van der Waals surface area contributed by atoms with E-state index in [9.17, 15) is 0 Å². The first-order chi connectivity index (χ1) is 14.9. The molecule has 0 saturated carbocycles. The summed E-state index contributed by atoms with van der Waals surface area (Å²) in [5, 5.41) is 13.7. The molecular weight excluding hydrogens is 539 g/mol. The van der Waals surface area contributed by atoms with Gasteiger partial charge in [-0.3, -0.25) is 0 Å². The van der Waals surface area contributed by atoms with Gasteiger partial charge in [-0.05, 0) is 24.3 Å². The first-order valence-corrected chi connectivity index (χ1v) is 11.4. The van der Waals surface area contributed by atoms with Gasteiger partial charge in [-0.2, -0.15) is 0 Å². The molecule has 0 aliphatic carbocycles. The number of hydrogen-bond acceptors (Lipinski definition) is 6. The summed E-state index contributed by atoms with van der Waals surface area (Å²) in [6.07, 6.45) is 0. The molecule has 0 aromatic heterocycles. The minimum atomic E-state index is 0. The van der Waals surface area contributed by atoms with Gasteiger partial charge in [0.05, 0.1) is 0 Å². The molecule has 34 heavy (non-hydrogen) atoms. The van der Waals surface area contributed by atoms with Crippen molar-refractivity contribution >= 4 is 11.4 Å². The minimum absolute atomic E-state index is 0. The number of anilines is 2. The predicted octanol–water partition coefficient (Wildman–Crippen LogP) is -4.63. The zero-order valence-electron chi connectivity index (χ0n) is 19.9. The van der Waals surface area contributed by atoms with Crippen LogP contribution in [0.1, 0.15) is 0 Å². The van der Waals surface area contributed by atoms with Crippen molar-refractivity contribution in [2.75, 3.05) is 88.3 Å². The van der Waals surface area contributed by atoms with Gasteiger partial charge >= 0.3 is 43.4 Å². The monoisotopic (exact) mass is 576 g/mol. The van der Waals surface area contributed by atoms with Crippen LogP contribution in [0.2, 0.25) is 0 Å². The molecule has 2 saturated heterocycles. The van der Waals surface area contributed by atoms with Gasteiger partial charge < -0.3 is 55.9 Å². The first-order valence-electron chi connectivity index (χ1n) is 11.4. The fraction of sp³-hybridized carbons (Fsp3) is 0.500. The number of halogens is 2. The van der Waals surface area contributed by atoms with Crippen molar-refractivity contribution in [1.29, 1.82) is 0 Å². The Balaban J connectivity index is 0. The molecule has 0 bridgehead atoms. The average molecular weight is 577 g/mol. The van der Waals surface area contributed by atoms with E-state index in [4.69, 9.17) is 0 Å². The Morgan fingerprint density at radius 3 is 0.941 bits per heavy atom. The van der Waals surface area contributed by atoms with Crippen molar-refractivity contribution in [2.24, 2.45) is 0 Å². The summed E-state index contributed by atoms with van der Waals surface area (Å²) in [4.78, 5) is 4.84. The number of nitrogens with zero attached hydrogens (tertiary/aromatic N) is 2. The van der Waals surface area contributed by atoms with Gasteiger partial charge in [0.25, 0.3) is 0 Å². The van der Waals surface area contributed by atoms with E-state index in [0.717, 1.165) is 78.5 Å². The quantitative estimate of drug-likeness (QED) is 0.270. The molecule has 0 spiro atoms. The SMILES string of the molecule is [Cl-].[Cl-].[Ti+2].[Ti+2].c1ccc(N2CCNCCNCC2)cc1.c1ccc(N2CCNCCNCC2)cc1. The summed E-state index contributed by atoms with van der Waals surface area (Å²) in [5.41, 5.74) is 2.64. The summed E-state index contributed by atoms with van der Waals surface area (Å²) >= 11 is 0. The third kappa shape index (κ3) is 14.4. The van der Waals surface area contributed by atoms with E-state index in [1.54, 1.807) is 0 Å². The Morgan fingerprint density at radius 2 is 0.676 bits per heavy atom. The molecule has 4 N–H and O–H groups in total. The molecule has 0 radical (unpaired) electrons. The van der Waals surface area contributed by atoms with E-state index < -0.39 is 0 Å². The minimum Gasteiger partial charge on any atom is -1.00 e. The van der Waals surface area contributed by atoms with Crippen molar-refractivity contribution in [3.8, 4) is 0 Å². The Morgan fingerprint density at radius 1 is 0.412 bits per heavy atom. The molecule has 2 aliphatic rings. The van der Waals surface area contributed by atoms with Gasteiger partial charge in [0.2, 0.25) is 0 Å². The summed E-state index contributed by atoms with van der Waals surface area (Å²) in [5.74, 6) is 0. The van der Waals surface area contributed by atoms with Crippen LogP contribution in [0.5, 0.6) is 0 Å². The topological polar surface area (TPSA) is 54.6 Å². The van der Waals surface area contributed by atoms with Gasteiger partial charge in [-0.25, -0.2) is 0 Å². The van der Waals surface area contributed by atoms with Crippen LogP contribution in [0, 0.1) is 0 Å². The maximum atomic E-state index is 3.42. The van der Waals surface area contributed by atoms with Crippen LogP contribution in [0.4, 0.5) is 11.4 Å². The Hall–Kier alpha value is -0.111. The van der Waals surface area contributed by atoms with Crippen LogP contribution >= 0.6 is 0 Å². The van der Waals surface area contributed by atoms with E-state index in [2.05, 4.69) is 91.7 Å². The zero-order chi connectivity index (χ0) is 20.7. The molecule has 184 valence electrons. The van der Waals surface area contributed by atoms with Crippen LogP contribution in [0.15, 0.2) is 60.7 Å². The maximum Gasteiger partial charge on any atom is 2.00 e. The number of benzene rings is 2. The average Bonchev–Trinajstić information content (AvgIpc) is 3.04. The third-order valence-corrected chi connectivity index (χ3v) is 5.43. The van der Waals surface area contributed by atoms with Crippen molar-refractivity contribution < 1.29 is 68.2 Å². The second kappa shape index (κ2) is 23.3. The van der Waals surface area contributed by atoms with Gasteiger partial charge in [-0.1, -0.05) is 36.4 Å². The normalized spacial score (nSPS) is 16.8. The second-order valence-corrected chi connectivity index (χ2v) is 7.65. The standard InChI is InChI=1S/2C12H19N3.2ClH.2Ti/c2*1-2-4-12(5-3-1)15-10-8-13-6-7-14-9-11-15;;;;/h2*1-5,13-14H,6-11H2;2*1H;;/q;;;;2*+2/p-2. The van der Waals surface area contributed by atoms with Crippen LogP contribution in [-0.4, -0.2) is 78.5 Å². The Labute approximate surface area is 248 Å². The molecule has 0 unspecified atom stereocenters. The van der Waals surface area contributed by atoms with Crippen molar-refractivity contribution in [3.05, 3.63) is 60.7 Å². The molecule has 2 aromatic carbocycles. The van der Waals surface area contributed by atoms with E-state index in [1.165, 1.54) is 11.4 Å². The Bertz CT molecular complexity index is 608. The molecule has 2 aliphatic heterocycles. The number of nitrogens with one attached hydrogen (secondary N) is 4. The molecule has 0 amide bonds. The van der Waals surface area contributed by atoms with Gasteiger partial charge in [0.15, 0.2) is 0 Å². The van der Waals surface area contributed by atoms with Gasteiger partial charge in [0, 0.05) is 89.9 Å². The predicted molar refractivity (Wildman–Crippen MR) is 129 cm³/mol. The van der Waals surface area contributed by atoms with Crippen LogP contribution < -0.4 is 55.9 Å². The molecule has 2 fully saturated rings. The van der Waals surface area contributed by atoms with E-state index in [-0.39, 0.29) is 68.2 Å². The summed E-state index contributed by atoms with van der Waals surface area (Å²) in [7, 11) is 0. The smallest absolute Gasteiger partial charge is 1.00 e.